The van der Waals surface area contributed by atoms with Gasteiger partial charge in [0.25, 0.3) is 0 Å². The maximum absolute atomic E-state index is 5.99. The molecule has 2 fully saturated rings. The average molecular weight is 648 g/mol. The van der Waals surface area contributed by atoms with Crippen LogP contribution in [0.1, 0.15) is 77.6 Å². The third kappa shape index (κ3) is 5.70. The molecule has 1 atom stereocenters. The van der Waals surface area contributed by atoms with Gasteiger partial charge in [-0.25, -0.2) is 14.0 Å². The van der Waals surface area contributed by atoms with E-state index in [-0.39, 0.29) is 23.3 Å². The summed E-state index contributed by atoms with van der Waals surface area (Å²) in [6.45, 7) is 10.2. The van der Waals surface area contributed by atoms with Crippen molar-refractivity contribution in [3.8, 4) is 28.1 Å². The van der Waals surface area contributed by atoms with Gasteiger partial charge in [0.2, 0.25) is 5.65 Å². The third-order valence-electron chi connectivity index (χ3n) is 9.53. The largest absolute Gasteiger partial charge is 0.497 e. The predicted molar refractivity (Wildman–Crippen MR) is 181 cm³/mol. The Morgan fingerprint density at radius 3 is 2.46 bits per heavy atom. The number of hydrogen-bond acceptors (Lipinski definition) is 10. The van der Waals surface area contributed by atoms with Crippen LogP contribution in [0.5, 0.6) is 5.75 Å². The van der Waals surface area contributed by atoms with Crippen LogP contribution in [0.15, 0.2) is 54.9 Å². The van der Waals surface area contributed by atoms with Crippen molar-refractivity contribution in [2.75, 3.05) is 13.7 Å². The lowest BCUT2D eigenvalue weighted by molar-refractivity contribution is -0.0394. The Labute approximate surface area is 278 Å². The van der Waals surface area contributed by atoms with Crippen LogP contribution in [0, 0.1) is 0 Å². The molecule has 6 heterocycles. The maximum atomic E-state index is 5.99. The number of aromatic nitrogens is 10. The Balaban J connectivity index is 1.20. The van der Waals surface area contributed by atoms with E-state index >= 15 is 0 Å². The van der Waals surface area contributed by atoms with Crippen LogP contribution in [0.4, 0.5) is 0 Å². The summed E-state index contributed by atoms with van der Waals surface area (Å²) in [5.74, 6) is 0.803. The van der Waals surface area contributed by atoms with Gasteiger partial charge in [0, 0.05) is 40.6 Å². The average Bonchev–Trinajstić information content (AvgIpc) is 3.83. The van der Waals surface area contributed by atoms with Crippen molar-refractivity contribution >= 4 is 22.2 Å². The van der Waals surface area contributed by atoms with Gasteiger partial charge in [-0.15, -0.1) is 20.4 Å². The van der Waals surface area contributed by atoms with E-state index < -0.39 is 0 Å². The molecule has 48 heavy (non-hydrogen) atoms. The van der Waals surface area contributed by atoms with E-state index in [1.165, 1.54) is 0 Å². The summed E-state index contributed by atoms with van der Waals surface area (Å²) in [4.78, 5) is 0. The molecule has 0 amide bonds. The number of piperidine rings is 1. The Kier molecular flexibility index (Phi) is 7.48. The van der Waals surface area contributed by atoms with Crippen molar-refractivity contribution in [3.63, 3.8) is 0 Å². The molecule has 1 N–H and O–H groups in total. The molecule has 8 rings (SSSR count). The van der Waals surface area contributed by atoms with Gasteiger partial charge in [-0.3, -0.25) is 0 Å². The molecular weight excluding hydrogens is 606 g/mol. The van der Waals surface area contributed by atoms with Gasteiger partial charge in [0.1, 0.15) is 23.0 Å². The topological polar surface area (TPSA) is 136 Å². The molecule has 2 aliphatic rings. The number of ether oxygens (including phenoxy) is 2. The number of fused-ring (bicyclic) bond motifs is 2. The fraction of sp³-hybridized carbons (Fsp3) is 0.457. The number of benzene rings is 2. The highest BCUT2D eigenvalue weighted by molar-refractivity contribution is 6.00. The summed E-state index contributed by atoms with van der Waals surface area (Å²) in [5, 5.41) is 36.5. The first-order valence-corrected chi connectivity index (χ1v) is 16.7. The van der Waals surface area contributed by atoms with E-state index in [9.17, 15) is 0 Å². The first kappa shape index (κ1) is 30.6. The fourth-order valence-corrected chi connectivity index (χ4v) is 7.68. The zero-order valence-electron chi connectivity index (χ0n) is 28.1. The third-order valence-corrected chi connectivity index (χ3v) is 9.53. The smallest absolute Gasteiger partial charge is 0.201 e. The van der Waals surface area contributed by atoms with E-state index in [2.05, 4.69) is 65.8 Å². The first-order chi connectivity index (χ1) is 23.2. The van der Waals surface area contributed by atoms with E-state index in [4.69, 9.17) is 24.8 Å². The zero-order chi connectivity index (χ0) is 33.0. The Morgan fingerprint density at radius 1 is 0.917 bits per heavy atom. The summed E-state index contributed by atoms with van der Waals surface area (Å²) >= 11 is 0. The van der Waals surface area contributed by atoms with E-state index in [0.717, 1.165) is 77.7 Å². The van der Waals surface area contributed by atoms with Crippen LogP contribution in [0.2, 0.25) is 0 Å². The lowest BCUT2D eigenvalue weighted by Gasteiger charge is -2.46. The maximum Gasteiger partial charge on any atom is 0.201 e. The molecule has 13 heteroatoms. The first-order valence-electron chi connectivity index (χ1n) is 16.7. The molecule has 0 bridgehead atoms. The molecule has 13 nitrogen and oxygen atoms in total. The lowest BCUT2D eigenvalue weighted by Crippen LogP contribution is -2.58. The highest BCUT2D eigenvalue weighted by atomic mass is 16.5. The minimum atomic E-state index is -0.0505. The molecule has 2 aromatic carbocycles. The molecule has 0 spiro atoms. The quantitative estimate of drug-likeness (QED) is 0.229. The van der Waals surface area contributed by atoms with Crippen molar-refractivity contribution in [3.05, 3.63) is 60.4 Å². The summed E-state index contributed by atoms with van der Waals surface area (Å²) in [6, 6.07) is 14.2. The van der Waals surface area contributed by atoms with Gasteiger partial charge in [-0.1, -0.05) is 28.6 Å². The molecule has 0 aliphatic carbocycles. The van der Waals surface area contributed by atoms with Gasteiger partial charge in [0.15, 0.2) is 0 Å². The highest BCUT2D eigenvalue weighted by Gasteiger charge is 2.39. The molecular formula is C35H41N11O2. The lowest BCUT2D eigenvalue weighted by atomic mass is 9.80. The molecule has 0 saturated carbocycles. The van der Waals surface area contributed by atoms with Gasteiger partial charge >= 0.3 is 0 Å². The second-order valence-corrected chi connectivity index (χ2v) is 14.4. The Hall–Kier alpha value is -4.75. The number of hydrogen-bond donors (Lipinski definition) is 1. The second kappa shape index (κ2) is 11.7. The van der Waals surface area contributed by atoms with Gasteiger partial charge in [0.05, 0.1) is 37.1 Å². The summed E-state index contributed by atoms with van der Waals surface area (Å²) < 4.78 is 17.2. The molecule has 2 saturated heterocycles. The van der Waals surface area contributed by atoms with Crippen molar-refractivity contribution < 1.29 is 9.47 Å². The number of nitrogens with zero attached hydrogens (tertiary/aromatic N) is 10. The van der Waals surface area contributed by atoms with Crippen LogP contribution in [-0.2, 0) is 11.3 Å². The van der Waals surface area contributed by atoms with E-state index in [0.29, 0.717) is 23.4 Å². The van der Waals surface area contributed by atoms with Crippen LogP contribution in [-0.4, -0.2) is 74.8 Å². The number of rotatable bonds is 7. The molecule has 0 radical (unpaired) electrons. The molecule has 6 aromatic rings. The normalized spacial score (nSPS) is 19.6. The van der Waals surface area contributed by atoms with Crippen molar-refractivity contribution in [1.82, 2.24) is 55.3 Å². The minimum Gasteiger partial charge on any atom is -0.497 e. The van der Waals surface area contributed by atoms with Gasteiger partial charge in [-0.05, 0) is 89.6 Å². The van der Waals surface area contributed by atoms with Crippen molar-refractivity contribution in [2.24, 2.45) is 0 Å². The van der Waals surface area contributed by atoms with Crippen molar-refractivity contribution in [2.45, 2.75) is 89.7 Å². The van der Waals surface area contributed by atoms with Crippen LogP contribution >= 0.6 is 0 Å². The number of methoxy groups -OCH3 is 1. The van der Waals surface area contributed by atoms with Gasteiger partial charge < -0.3 is 14.8 Å². The van der Waals surface area contributed by atoms with E-state index in [1.807, 2.05) is 56.8 Å². The zero-order valence-corrected chi connectivity index (χ0v) is 28.1. The predicted octanol–water partition coefficient (Wildman–Crippen LogP) is 5.73. The number of nitrogens with one attached hydrogen (secondary N) is 1. The molecule has 248 valence electrons. The summed E-state index contributed by atoms with van der Waals surface area (Å²) in [7, 11) is 1.67. The monoisotopic (exact) mass is 647 g/mol. The molecule has 4 aromatic heterocycles. The second-order valence-electron chi connectivity index (χ2n) is 14.4. The highest BCUT2D eigenvalue weighted by Crippen LogP contribution is 2.38. The fourth-order valence-electron chi connectivity index (χ4n) is 7.68. The Bertz CT molecular complexity index is 2070. The summed E-state index contributed by atoms with van der Waals surface area (Å²) in [6.07, 6.45) is 8.87. The van der Waals surface area contributed by atoms with Crippen LogP contribution < -0.4 is 10.1 Å². The van der Waals surface area contributed by atoms with E-state index in [1.54, 1.807) is 7.11 Å². The van der Waals surface area contributed by atoms with Gasteiger partial charge in [-0.2, -0.15) is 5.10 Å². The summed E-state index contributed by atoms with van der Waals surface area (Å²) in [5.41, 5.74) is 7.43. The van der Waals surface area contributed by atoms with Crippen LogP contribution in [0.25, 0.3) is 44.6 Å². The standard InChI is InChI=1S/C35H41N11O2/c1-34(2)17-24(18-35(3,4)41-34)46-33-29(38-43-46)16-28(37-40-33)27-14-13-26(23-19-36-44(21-23)30-8-6-7-15-48-30)31-32(27)45(42-39-31)20-22-9-11-25(47-5)12-10-22/h9-14,16,19,21,24,30,41H,6-8,15,17-18,20H2,1-5H3. The Morgan fingerprint density at radius 2 is 1.71 bits per heavy atom. The molecule has 1 unspecified atom stereocenters. The molecule has 2 aliphatic heterocycles. The minimum absolute atomic E-state index is 0.0410. The van der Waals surface area contributed by atoms with Crippen molar-refractivity contribution in [1.29, 1.82) is 0 Å². The SMILES string of the molecule is COc1ccc(Cn2nnc3c(-c4cnn(C5CCCCO5)c4)ccc(-c4cc5nnn(C6CC(C)(C)NC(C)(C)C6)c5nn4)c32)cc1. The van der Waals surface area contributed by atoms with Crippen LogP contribution in [0.3, 0.4) is 0 Å².